The normalized spacial score (nSPS) is 11.8. The van der Waals surface area contributed by atoms with Gasteiger partial charge in [-0.3, -0.25) is 4.99 Å². The molecule has 0 aliphatic carbocycles. The first kappa shape index (κ1) is 22.7. The number of hydrogen-bond donors (Lipinski definition) is 2. The Morgan fingerprint density at radius 2 is 1.76 bits per heavy atom. The molecule has 0 fully saturated rings. The summed E-state index contributed by atoms with van der Waals surface area (Å²) in [6.07, 6.45) is 7.44. The third kappa shape index (κ3) is 10.7. The van der Waals surface area contributed by atoms with E-state index < -0.39 is 0 Å². The minimum atomic E-state index is 0. The van der Waals surface area contributed by atoms with Gasteiger partial charge in [0.05, 0.1) is 0 Å². The number of nitrogens with zero attached hydrogens (tertiary/aromatic N) is 1. The second-order valence-corrected chi connectivity index (χ2v) is 5.05. The van der Waals surface area contributed by atoms with E-state index in [1.807, 2.05) is 6.21 Å². The highest BCUT2D eigenvalue weighted by Crippen LogP contribution is 2.08. The van der Waals surface area contributed by atoms with Crippen LogP contribution in [0.2, 0.25) is 0 Å². The van der Waals surface area contributed by atoms with E-state index in [4.69, 9.17) is 11.5 Å². The Morgan fingerprint density at radius 1 is 1.10 bits per heavy atom. The van der Waals surface area contributed by atoms with Gasteiger partial charge >= 0.3 is 0 Å². The van der Waals surface area contributed by atoms with Crippen LogP contribution in [-0.4, -0.2) is 25.3 Å². The molecule has 1 aromatic rings. The second-order valence-electron chi connectivity index (χ2n) is 5.05. The molecule has 0 saturated heterocycles. The van der Waals surface area contributed by atoms with Crippen molar-refractivity contribution in [1.29, 1.82) is 0 Å². The summed E-state index contributed by atoms with van der Waals surface area (Å²) >= 11 is 0. The number of benzene rings is 1. The predicted octanol–water partition coefficient (Wildman–Crippen LogP) is 3.30. The average Bonchev–Trinajstić information content (AvgIpc) is 2.40. The van der Waals surface area contributed by atoms with Crippen molar-refractivity contribution in [3.63, 3.8) is 0 Å². The van der Waals surface area contributed by atoms with Crippen LogP contribution in [0, 0.1) is 6.92 Å². The fraction of sp³-hybridized carbons (Fsp3) is 0.562. The molecule has 3 nitrogen and oxygen atoms in total. The molecule has 1 rings (SSSR count). The molecule has 0 aliphatic rings. The van der Waals surface area contributed by atoms with E-state index in [1.165, 1.54) is 24.0 Å². The lowest BCUT2D eigenvalue weighted by Crippen LogP contribution is -2.24. The number of unbranched alkanes of at least 4 members (excludes halogenated alkanes) is 3. The third-order valence-corrected chi connectivity index (χ3v) is 3.26. The zero-order valence-electron chi connectivity index (χ0n) is 12.8. The van der Waals surface area contributed by atoms with Gasteiger partial charge in [0.2, 0.25) is 0 Å². The highest BCUT2D eigenvalue weighted by atomic mass is 35.5. The van der Waals surface area contributed by atoms with E-state index in [9.17, 15) is 0 Å². The van der Waals surface area contributed by atoms with Crippen molar-refractivity contribution >= 4 is 31.0 Å². The highest BCUT2D eigenvalue weighted by molar-refractivity contribution is 5.85. The monoisotopic (exact) mass is 333 g/mol. The molecule has 0 heterocycles. The van der Waals surface area contributed by atoms with E-state index >= 15 is 0 Å². The summed E-state index contributed by atoms with van der Waals surface area (Å²) < 4.78 is 0. The van der Waals surface area contributed by atoms with Crippen molar-refractivity contribution < 1.29 is 0 Å². The van der Waals surface area contributed by atoms with Gasteiger partial charge in [-0.1, -0.05) is 37.1 Å². The third-order valence-electron chi connectivity index (χ3n) is 3.26. The van der Waals surface area contributed by atoms with Crippen molar-refractivity contribution in [3.05, 3.63) is 35.4 Å². The minimum absolute atomic E-state index is 0. The molecule has 0 amide bonds. The van der Waals surface area contributed by atoms with Crippen LogP contribution in [0.15, 0.2) is 29.3 Å². The van der Waals surface area contributed by atoms with Crippen LogP contribution in [0.4, 0.5) is 0 Å². The molecule has 1 atom stereocenters. The fourth-order valence-corrected chi connectivity index (χ4v) is 2.06. The van der Waals surface area contributed by atoms with Gasteiger partial charge in [-0.25, -0.2) is 0 Å². The lowest BCUT2D eigenvalue weighted by molar-refractivity contribution is 0.653. The number of nitrogens with two attached hydrogens (primary N) is 2. The molecule has 0 aromatic heterocycles. The van der Waals surface area contributed by atoms with Crippen molar-refractivity contribution in [2.24, 2.45) is 16.5 Å². The number of rotatable bonds is 9. The lowest BCUT2D eigenvalue weighted by atomic mass is 10.0. The van der Waals surface area contributed by atoms with Crippen LogP contribution < -0.4 is 11.5 Å². The smallest absolute Gasteiger partial charge is 0.0436 e. The van der Waals surface area contributed by atoms with Gasteiger partial charge in [-0.05, 0) is 43.9 Å². The maximum absolute atomic E-state index is 6.07. The Kier molecular flexibility index (Phi) is 15.5. The molecule has 0 bridgehead atoms. The van der Waals surface area contributed by atoms with Gasteiger partial charge in [0.15, 0.2) is 0 Å². The molecule has 1 aromatic carbocycles. The molecule has 4 N–H and O–H groups in total. The summed E-state index contributed by atoms with van der Waals surface area (Å²) in [5.74, 6) is 0. The van der Waals surface area contributed by atoms with E-state index in [-0.39, 0.29) is 30.9 Å². The Hall–Kier alpha value is -0.610. The van der Waals surface area contributed by atoms with Crippen LogP contribution >= 0.6 is 24.8 Å². The largest absolute Gasteiger partial charge is 0.330 e. The Labute approximate surface area is 141 Å². The maximum atomic E-state index is 6.07. The lowest BCUT2D eigenvalue weighted by Gasteiger charge is -2.08. The standard InChI is InChI=1S/C16H27N3.2ClH/c1-14-8-4-5-9-15(14)12-16(18)13-19-11-7-3-2-6-10-17;;/h4-5,8-9,13,16H,2-3,6-7,10-12,17-18H2,1H3;2*1H. The topological polar surface area (TPSA) is 64.4 Å². The van der Waals surface area contributed by atoms with E-state index in [0.717, 1.165) is 32.4 Å². The van der Waals surface area contributed by atoms with E-state index in [2.05, 4.69) is 36.2 Å². The summed E-state index contributed by atoms with van der Waals surface area (Å²) in [6, 6.07) is 8.39. The second kappa shape index (κ2) is 14.3. The van der Waals surface area contributed by atoms with Gasteiger partial charge in [0, 0.05) is 18.8 Å². The van der Waals surface area contributed by atoms with Crippen LogP contribution in [0.3, 0.4) is 0 Å². The Bertz CT molecular complexity index is 384. The zero-order chi connectivity index (χ0) is 13.9. The fourth-order valence-electron chi connectivity index (χ4n) is 2.06. The van der Waals surface area contributed by atoms with Crippen LogP contribution in [0.1, 0.15) is 36.8 Å². The number of aryl methyl sites for hydroxylation is 1. The van der Waals surface area contributed by atoms with Crippen LogP contribution in [0.25, 0.3) is 0 Å². The molecule has 0 spiro atoms. The van der Waals surface area contributed by atoms with Gasteiger partial charge in [-0.15, -0.1) is 24.8 Å². The van der Waals surface area contributed by atoms with Gasteiger partial charge in [0.25, 0.3) is 0 Å². The summed E-state index contributed by atoms with van der Waals surface area (Å²) in [5, 5.41) is 0. The van der Waals surface area contributed by atoms with E-state index in [0.29, 0.717) is 0 Å². The molecule has 0 saturated carbocycles. The predicted molar refractivity (Wildman–Crippen MR) is 98.2 cm³/mol. The summed E-state index contributed by atoms with van der Waals surface area (Å²) in [5.41, 5.74) is 14.1. The summed E-state index contributed by atoms with van der Waals surface area (Å²) in [7, 11) is 0. The van der Waals surface area contributed by atoms with Gasteiger partial charge in [0.1, 0.15) is 0 Å². The SMILES string of the molecule is Cc1ccccc1CC(N)C=NCCCCCCN.Cl.Cl. The van der Waals surface area contributed by atoms with E-state index in [1.54, 1.807) is 0 Å². The van der Waals surface area contributed by atoms with Gasteiger partial charge in [-0.2, -0.15) is 0 Å². The molecule has 122 valence electrons. The molecular weight excluding hydrogens is 305 g/mol. The highest BCUT2D eigenvalue weighted by Gasteiger charge is 2.02. The molecule has 0 aliphatic heterocycles. The molecular formula is C16H29Cl2N3. The minimum Gasteiger partial charge on any atom is -0.330 e. The van der Waals surface area contributed by atoms with Crippen LogP contribution in [0.5, 0.6) is 0 Å². The van der Waals surface area contributed by atoms with Crippen molar-refractivity contribution in [2.75, 3.05) is 13.1 Å². The quantitative estimate of drug-likeness (QED) is 0.538. The first-order valence-corrected chi connectivity index (χ1v) is 7.24. The number of halogens is 2. The van der Waals surface area contributed by atoms with Crippen LogP contribution in [-0.2, 0) is 6.42 Å². The Balaban J connectivity index is 0. The van der Waals surface area contributed by atoms with Crippen molar-refractivity contribution in [3.8, 4) is 0 Å². The maximum Gasteiger partial charge on any atom is 0.0436 e. The molecule has 1 unspecified atom stereocenters. The number of hydrogen-bond acceptors (Lipinski definition) is 3. The zero-order valence-corrected chi connectivity index (χ0v) is 14.5. The first-order valence-electron chi connectivity index (χ1n) is 7.24. The number of aliphatic imine (C=N–C) groups is 1. The van der Waals surface area contributed by atoms with Gasteiger partial charge < -0.3 is 11.5 Å². The molecule has 0 radical (unpaired) electrons. The van der Waals surface area contributed by atoms with Crippen molar-refractivity contribution in [1.82, 2.24) is 0 Å². The first-order chi connectivity index (χ1) is 9.24. The molecule has 21 heavy (non-hydrogen) atoms. The van der Waals surface area contributed by atoms with Crippen molar-refractivity contribution in [2.45, 2.75) is 45.1 Å². The summed E-state index contributed by atoms with van der Waals surface area (Å²) in [4.78, 5) is 4.41. The summed E-state index contributed by atoms with van der Waals surface area (Å²) in [6.45, 7) is 3.80. The average molecular weight is 334 g/mol. The Morgan fingerprint density at radius 3 is 2.43 bits per heavy atom. The molecule has 5 heteroatoms.